The summed E-state index contributed by atoms with van der Waals surface area (Å²) in [7, 11) is 0. The summed E-state index contributed by atoms with van der Waals surface area (Å²) in [6, 6.07) is 6.02. The van der Waals surface area contributed by atoms with E-state index in [-0.39, 0.29) is 12.4 Å². The molecule has 1 unspecified atom stereocenters. The number of carbonyl (C=O) groups excluding carboxylic acids is 1. The number of nitrogens with one attached hydrogen (secondary N) is 2. The Morgan fingerprint density at radius 3 is 2.76 bits per heavy atom. The lowest BCUT2D eigenvalue weighted by molar-refractivity contribution is -0.125. The van der Waals surface area contributed by atoms with E-state index in [1.165, 1.54) is 0 Å². The summed E-state index contributed by atoms with van der Waals surface area (Å²) in [5, 5.41) is 15.2. The Balaban J connectivity index is 0.00000161. The van der Waals surface area contributed by atoms with Gasteiger partial charge in [-0.15, -0.1) is 12.4 Å². The molecule has 3 rings (SSSR count). The minimum absolute atomic E-state index is 0. The van der Waals surface area contributed by atoms with Crippen LogP contribution in [-0.2, 0) is 11.2 Å². The SMILES string of the molecule is Cl.O=C(N[C@H]1c2ccccc2C[C@H]1O)C1CC(F)(F)CN1. The zero-order chi connectivity index (χ0) is 14.3. The molecule has 0 saturated carbocycles. The molecule has 116 valence electrons. The van der Waals surface area contributed by atoms with Crippen LogP contribution in [0.1, 0.15) is 23.6 Å². The molecular formula is C14H17ClF2N2O2. The molecule has 1 aliphatic heterocycles. The highest BCUT2D eigenvalue weighted by atomic mass is 35.5. The molecule has 0 bridgehead atoms. The minimum atomic E-state index is -2.84. The van der Waals surface area contributed by atoms with Crippen LogP contribution in [0.25, 0.3) is 0 Å². The van der Waals surface area contributed by atoms with Crippen LogP contribution in [0.4, 0.5) is 8.78 Å². The molecule has 1 aromatic rings. The van der Waals surface area contributed by atoms with Gasteiger partial charge in [0.05, 0.1) is 24.7 Å². The molecule has 1 aliphatic carbocycles. The second-order valence-electron chi connectivity index (χ2n) is 5.45. The molecule has 0 aromatic heterocycles. The van der Waals surface area contributed by atoms with E-state index in [2.05, 4.69) is 10.6 Å². The van der Waals surface area contributed by atoms with Crippen molar-refractivity contribution < 1.29 is 18.7 Å². The van der Waals surface area contributed by atoms with Gasteiger partial charge in [-0.3, -0.25) is 10.1 Å². The van der Waals surface area contributed by atoms with Gasteiger partial charge in [-0.1, -0.05) is 24.3 Å². The van der Waals surface area contributed by atoms with E-state index in [4.69, 9.17) is 0 Å². The van der Waals surface area contributed by atoms with Crippen molar-refractivity contribution in [3.05, 3.63) is 35.4 Å². The molecule has 1 amide bonds. The molecule has 1 heterocycles. The van der Waals surface area contributed by atoms with Crippen LogP contribution < -0.4 is 10.6 Å². The van der Waals surface area contributed by atoms with Crippen LogP contribution in [0.3, 0.4) is 0 Å². The number of rotatable bonds is 2. The van der Waals surface area contributed by atoms with Crippen LogP contribution >= 0.6 is 12.4 Å². The van der Waals surface area contributed by atoms with Crippen molar-refractivity contribution in [2.75, 3.05) is 6.54 Å². The Morgan fingerprint density at radius 2 is 2.10 bits per heavy atom. The molecule has 3 N–H and O–H groups in total. The first-order valence-electron chi connectivity index (χ1n) is 6.64. The minimum Gasteiger partial charge on any atom is -0.390 e. The van der Waals surface area contributed by atoms with Gasteiger partial charge in [0.2, 0.25) is 5.91 Å². The molecule has 1 saturated heterocycles. The Kier molecular flexibility index (Phi) is 4.51. The van der Waals surface area contributed by atoms with Crippen molar-refractivity contribution >= 4 is 18.3 Å². The van der Waals surface area contributed by atoms with Crippen molar-refractivity contribution in [1.29, 1.82) is 0 Å². The summed E-state index contributed by atoms with van der Waals surface area (Å²) in [5.41, 5.74) is 1.84. The number of carbonyl (C=O) groups is 1. The molecular weight excluding hydrogens is 302 g/mol. The normalized spacial score (nSPS) is 29.6. The number of amides is 1. The van der Waals surface area contributed by atoms with Crippen molar-refractivity contribution in [2.24, 2.45) is 0 Å². The number of hydrogen-bond acceptors (Lipinski definition) is 3. The number of halogens is 3. The standard InChI is InChI=1S/C14H16F2N2O2.ClH/c15-14(16)6-10(17-7-14)13(20)18-12-9-4-2-1-3-8(9)5-11(12)19;/h1-4,10-12,17,19H,5-7H2,(H,18,20);1H/t10?,11-,12+;/m1./s1. The van der Waals surface area contributed by atoms with E-state index in [1.807, 2.05) is 24.3 Å². The fraction of sp³-hybridized carbons (Fsp3) is 0.500. The third-order valence-corrected chi connectivity index (χ3v) is 3.93. The van der Waals surface area contributed by atoms with Crippen molar-refractivity contribution in [1.82, 2.24) is 10.6 Å². The van der Waals surface area contributed by atoms with Gasteiger partial charge in [0.1, 0.15) is 0 Å². The number of fused-ring (bicyclic) bond motifs is 1. The van der Waals surface area contributed by atoms with Gasteiger partial charge in [-0.05, 0) is 11.1 Å². The second kappa shape index (κ2) is 5.87. The molecule has 3 atom stereocenters. The Morgan fingerprint density at radius 1 is 1.38 bits per heavy atom. The van der Waals surface area contributed by atoms with E-state index in [9.17, 15) is 18.7 Å². The van der Waals surface area contributed by atoms with Crippen LogP contribution in [0.2, 0.25) is 0 Å². The molecule has 1 fully saturated rings. The third-order valence-electron chi connectivity index (χ3n) is 3.93. The average Bonchev–Trinajstić information content (AvgIpc) is 2.91. The highest BCUT2D eigenvalue weighted by Gasteiger charge is 2.43. The Hall–Kier alpha value is -1.24. The summed E-state index contributed by atoms with van der Waals surface area (Å²) >= 11 is 0. The molecule has 1 aromatic carbocycles. The number of hydrogen-bond donors (Lipinski definition) is 3. The van der Waals surface area contributed by atoms with E-state index >= 15 is 0 Å². The van der Waals surface area contributed by atoms with Crippen LogP contribution in [0.5, 0.6) is 0 Å². The summed E-state index contributed by atoms with van der Waals surface area (Å²) < 4.78 is 26.2. The maximum absolute atomic E-state index is 13.1. The summed E-state index contributed by atoms with van der Waals surface area (Å²) in [6.45, 7) is -0.477. The zero-order valence-electron chi connectivity index (χ0n) is 11.2. The fourth-order valence-electron chi connectivity index (χ4n) is 2.90. The van der Waals surface area contributed by atoms with E-state index in [0.717, 1.165) is 11.1 Å². The Labute approximate surface area is 127 Å². The first kappa shape index (κ1) is 16.1. The van der Waals surface area contributed by atoms with Gasteiger partial charge >= 0.3 is 0 Å². The molecule has 0 spiro atoms. The molecule has 4 nitrogen and oxygen atoms in total. The third kappa shape index (κ3) is 3.17. The average molecular weight is 319 g/mol. The number of alkyl halides is 2. The van der Waals surface area contributed by atoms with Crippen LogP contribution in [-0.4, -0.2) is 35.6 Å². The first-order valence-corrected chi connectivity index (χ1v) is 6.64. The van der Waals surface area contributed by atoms with E-state index in [1.54, 1.807) is 0 Å². The van der Waals surface area contributed by atoms with Crippen LogP contribution in [0.15, 0.2) is 24.3 Å². The summed E-state index contributed by atoms with van der Waals surface area (Å²) in [6.07, 6.45) is -0.739. The number of aliphatic hydroxyl groups excluding tert-OH is 1. The number of aliphatic hydroxyl groups is 1. The predicted octanol–water partition coefficient (Wildman–Crippen LogP) is 1.18. The van der Waals surface area contributed by atoms with Gasteiger partial charge in [0.25, 0.3) is 5.92 Å². The largest absolute Gasteiger partial charge is 0.390 e. The van der Waals surface area contributed by atoms with Crippen molar-refractivity contribution in [3.63, 3.8) is 0 Å². The smallest absolute Gasteiger partial charge is 0.262 e. The highest BCUT2D eigenvalue weighted by molar-refractivity contribution is 5.85. The van der Waals surface area contributed by atoms with Crippen molar-refractivity contribution in [2.45, 2.75) is 37.0 Å². The molecule has 0 radical (unpaired) electrons. The fourth-order valence-corrected chi connectivity index (χ4v) is 2.90. The quantitative estimate of drug-likeness (QED) is 0.767. The van der Waals surface area contributed by atoms with E-state index < -0.39 is 43.0 Å². The zero-order valence-corrected chi connectivity index (χ0v) is 12.0. The molecule has 7 heteroatoms. The lowest BCUT2D eigenvalue weighted by atomic mass is 10.1. The summed E-state index contributed by atoms with van der Waals surface area (Å²) in [5.74, 6) is -3.32. The van der Waals surface area contributed by atoms with Gasteiger partial charge in [0.15, 0.2) is 0 Å². The van der Waals surface area contributed by atoms with Gasteiger partial charge in [-0.25, -0.2) is 8.78 Å². The first-order chi connectivity index (χ1) is 9.46. The predicted molar refractivity (Wildman–Crippen MR) is 75.6 cm³/mol. The summed E-state index contributed by atoms with van der Waals surface area (Å²) in [4.78, 5) is 12.0. The Bertz CT molecular complexity index is 541. The van der Waals surface area contributed by atoms with Gasteiger partial charge < -0.3 is 10.4 Å². The molecule has 21 heavy (non-hydrogen) atoms. The highest BCUT2D eigenvalue weighted by Crippen LogP contribution is 2.32. The lowest BCUT2D eigenvalue weighted by Gasteiger charge is -2.20. The van der Waals surface area contributed by atoms with Crippen molar-refractivity contribution in [3.8, 4) is 0 Å². The van der Waals surface area contributed by atoms with Crippen LogP contribution in [0, 0.1) is 0 Å². The second-order valence-corrected chi connectivity index (χ2v) is 5.45. The topological polar surface area (TPSA) is 61.4 Å². The van der Waals surface area contributed by atoms with E-state index in [0.29, 0.717) is 6.42 Å². The van der Waals surface area contributed by atoms with Gasteiger partial charge in [0, 0.05) is 12.8 Å². The lowest BCUT2D eigenvalue weighted by Crippen LogP contribution is -2.44. The monoisotopic (exact) mass is 318 g/mol. The maximum atomic E-state index is 13.1. The molecule has 2 aliphatic rings. The maximum Gasteiger partial charge on any atom is 0.262 e. The number of benzene rings is 1. The van der Waals surface area contributed by atoms with Gasteiger partial charge in [-0.2, -0.15) is 0 Å².